The Hall–Kier alpha value is -2.91. The van der Waals surface area contributed by atoms with Crippen LogP contribution in [0.2, 0.25) is 5.02 Å². The smallest absolute Gasteiger partial charge is 0.325 e. The highest BCUT2D eigenvalue weighted by Gasteiger charge is 2.19. The van der Waals surface area contributed by atoms with Gasteiger partial charge in [0.05, 0.1) is 23.8 Å². The Labute approximate surface area is 160 Å². The second-order valence-electron chi connectivity index (χ2n) is 5.81. The van der Waals surface area contributed by atoms with Gasteiger partial charge in [0, 0.05) is 11.6 Å². The Kier molecular flexibility index (Phi) is 6.05. The number of hydrogen-bond donors (Lipinski definition) is 3. The average Bonchev–Trinajstić information content (AvgIpc) is 2.64. The number of halogens is 1. The first-order chi connectivity index (χ1) is 13.0. The van der Waals surface area contributed by atoms with Gasteiger partial charge in [0.1, 0.15) is 25.1 Å². The molecule has 0 bridgehead atoms. The summed E-state index contributed by atoms with van der Waals surface area (Å²) in [6.45, 7) is 2.37. The van der Waals surface area contributed by atoms with E-state index in [1.807, 2.05) is 0 Å². The number of ether oxygens (including phenoxy) is 2. The van der Waals surface area contributed by atoms with E-state index in [-0.39, 0.29) is 25.2 Å². The lowest BCUT2D eigenvalue weighted by atomic mass is 10.3. The lowest BCUT2D eigenvalue weighted by molar-refractivity contribution is -0.134. The number of urea groups is 1. The number of carbonyl (C=O) groups excluding carboxylic acids is 2. The fraction of sp³-hybridized carbons (Fsp3) is 0.294. The SMILES string of the molecule is Cc1cnc(NC(=O)Nc2cc(Cl)ccc2OCC2CNC(=O)CO2)cn1. The van der Waals surface area contributed by atoms with Crippen LogP contribution in [0.4, 0.5) is 16.3 Å². The zero-order valence-electron chi connectivity index (χ0n) is 14.5. The minimum absolute atomic E-state index is 0.000255. The molecule has 3 N–H and O–H groups in total. The third-order valence-electron chi connectivity index (χ3n) is 3.61. The van der Waals surface area contributed by atoms with Crippen LogP contribution >= 0.6 is 11.6 Å². The van der Waals surface area contributed by atoms with Gasteiger partial charge in [0.15, 0.2) is 5.82 Å². The summed E-state index contributed by atoms with van der Waals surface area (Å²) in [6.07, 6.45) is 2.73. The van der Waals surface area contributed by atoms with Crippen LogP contribution < -0.4 is 20.7 Å². The Morgan fingerprint density at radius 3 is 2.93 bits per heavy atom. The van der Waals surface area contributed by atoms with Crippen LogP contribution in [-0.2, 0) is 9.53 Å². The molecule has 9 nitrogen and oxygen atoms in total. The number of hydrogen-bond acceptors (Lipinski definition) is 6. The van der Waals surface area contributed by atoms with Crippen molar-refractivity contribution in [1.82, 2.24) is 15.3 Å². The third-order valence-corrected chi connectivity index (χ3v) is 3.85. The molecule has 1 aromatic heterocycles. The number of aryl methyl sites for hydroxylation is 1. The number of benzene rings is 1. The van der Waals surface area contributed by atoms with Crippen molar-refractivity contribution in [2.24, 2.45) is 0 Å². The zero-order valence-corrected chi connectivity index (χ0v) is 15.2. The number of anilines is 2. The lowest BCUT2D eigenvalue weighted by Crippen LogP contribution is -2.45. The van der Waals surface area contributed by atoms with E-state index in [0.29, 0.717) is 28.8 Å². The molecule has 3 amide bonds. The number of aromatic nitrogens is 2. The molecular weight excluding hydrogens is 374 g/mol. The largest absolute Gasteiger partial charge is 0.489 e. The predicted molar refractivity (Wildman–Crippen MR) is 99.1 cm³/mol. The van der Waals surface area contributed by atoms with Crippen LogP contribution in [-0.4, -0.2) is 47.8 Å². The van der Waals surface area contributed by atoms with Gasteiger partial charge in [-0.3, -0.25) is 15.1 Å². The Morgan fingerprint density at radius 1 is 1.37 bits per heavy atom. The highest BCUT2D eigenvalue weighted by Crippen LogP contribution is 2.28. The quantitative estimate of drug-likeness (QED) is 0.718. The molecule has 1 fully saturated rings. The van der Waals surface area contributed by atoms with E-state index in [9.17, 15) is 9.59 Å². The van der Waals surface area contributed by atoms with Gasteiger partial charge in [0.2, 0.25) is 5.91 Å². The van der Waals surface area contributed by atoms with E-state index in [2.05, 4.69) is 25.9 Å². The molecule has 27 heavy (non-hydrogen) atoms. The van der Waals surface area contributed by atoms with Crippen LogP contribution in [0.1, 0.15) is 5.69 Å². The van der Waals surface area contributed by atoms with Gasteiger partial charge in [-0.2, -0.15) is 0 Å². The molecule has 3 rings (SSSR count). The standard InChI is InChI=1S/C17H18ClN5O4/c1-10-5-20-15(7-19-10)23-17(25)22-13-4-11(18)2-3-14(13)27-8-12-6-21-16(24)9-26-12/h2-5,7,12H,6,8-9H2,1H3,(H,21,24)(H2,20,22,23,25). The molecule has 1 aliphatic heterocycles. The van der Waals surface area contributed by atoms with Crippen molar-refractivity contribution in [3.05, 3.63) is 41.3 Å². The van der Waals surface area contributed by atoms with Gasteiger partial charge < -0.3 is 20.1 Å². The molecule has 1 aromatic carbocycles. The van der Waals surface area contributed by atoms with Crippen molar-refractivity contribution < 1.29 is 19.1 Å². The topological polar surface area (TPSA) is 114 Å². The van der Waals surface area contributed by atoms with Crippen molar-refractivity contribution in [1.29, 1.82) is 0 Å². The van der Waals surface area contributed by atoms with E-state index >= 15 is 0 Å². The first-order valence-electron chi connectivity index (χ1n) is 8.17. The molecule has 142 valence electrons. The highest BCUT2D eigenvalue weighted by atomic mass is 35.5. The number of carbonyl (C=O) groups is 2. The Morgan fingerprint density at radius 2 is 2.22 bits per heavy atom. The maximum absolute atomic E-state index is 12.2. The van der Waals surface area contributed by atoms with Gasteiger partial charge in [-0.05, 0) is 25.1 Å². The molecule has 2 aromatic rings. The van der Waals surface area contributed by atoms with Crippen LogP contribution in [0.25, 0.3) is 0 Å². The summed E-state index contributed by atoms with van der Waals surface area (Å²) in [4.78, 5) is 31.4. The summed E-state index contributed by atoms with van der Waals surface area (Å²) >= 11 is 6.02. The first kappa shape index (κ1) is 18.9. The number of nitrogens with one attached hydrogen (secondary N) is 3. The third kappa shape index (κ3) is 5.53. The van der Waals surface area contributed by atoms with Crippen LogP contribution in [0.15, 0.2) is 30.6 Å². The minimum atomic E-state index is -0.513. The van der Waals surface area contributed by atoms with E-state index in [4.69, 9.17) is 21.1 Å². The molecule has 2 heterocycles. The Balaban J connectivity index is 1.61. The maximum Gasteiger partial charge on any atom is 0.325 e. The van der Waals surface area contributed by atoms with Gasteiger partial charge in [-0.1, -0.05) is 11.6 Å². The zero-order chi connectivity index (χ0) is 19.2. The van der Waals surface area contributed by atoms with Crippen LogP contribution in [0.3, 0.4) is 0 Å². The van der Waals surface area contributed by atoms with Crippen molar-refractivity contribution in [3.8, 4) is 5.75 Å². The molecule has 0 aliphatic carbocycles. The second kappa shape index (κ2) is 8.65. The van der Waals surface area contributed by atoms with Gasteiger partial charge in [-0.15, -0.1) is 0 Å². The maximum atomic E-state index is 12.2. The average molecular weight is 392 g/mol. The lowest BCUT2D eigenvalue weighted by Gasteiger charge is -2.23. The van der Waals surface area contributed by atoms with E-state index < -0.39 is 6.03 Å². The molecule has 1 saturated heterocycles. The van der Waals surface area contributed by atoms with Crippen molar-refractivity contribution in [2.45, 2.75) is 13.0 Å². The van der Waals surface area contributed by atoms with Gasteiger partial charge in [0.25, 0.3) is 0 Å². The fourth-order valence-corrected chi connectivity index (χ4v) is 2.45. The van der Waals surface area contributed by atoms with Crippen molar-refractivity contribution in [2.75, 3.05) is 30.4 Å². The molecule has 0 spiro atoms. The summed E-state index contributed by atoms with van der Waals surface area (Å²) < 4.78 is 11.1. The first-order valence-corrected chi connectivity index (χ1v) is 8.54. The van der Waals surface area contributed by atoms with E-state index in [1.54, 1.807) is 31.3 Å². The van der Waals surface area contributed by atoms with Crippen LogP contribution in [0.5, 0.6) is 5.75 Å². The summed E-state index contributed by atoms with van der Waals surface area (Å²) in [5.41, 5.74) is 1.13. The fourth-order valence-electron chi connectivity index (χ4n) is 2.27. The number of rotatable bonds is 5. The molecule has 1 aliphatic rings. The van der Waals surface area contributed by atoms with Crippen LogP contribution in [0, 0.1) is 6.92 Å². The second-order valence-corrected chi connectivity index (χ2v) is 6.25. The minimum Gasteiger partial charge on any atom is -0.489 e. The number of morpholine rings is 1. The molecule has 10 heteroatoms. The summed E-state index contributed by atoms with van der Waals surface area (Å²) in [5, 5.41) is 8.39. The Bertz CT molecular complexity index is 821. The molecule has 1 unspecified atom stereocenters. The van der Waals surface area contributed by atoms with Gasteiger partial charge >= 0.3 is 6.03 Å². The van der Waals surface area contributed by atoms with Gasteiger partial charge in [-0.25, -0.2) is 9.78 Å². The summed E-state index contributed by atoms with van der Waals surface area (Å²) in [7, 11) is 0. The van der Waals surface area contributed by atoms with Crippen molar-refractivity contribution >= 4 is 35.0 Å². The molecular formula is C17H18ClN5O4. The molecule has 1 atom stereocenters. The summed E-state index contributed by atoms with van der Waals surface area (Å²) in [6, 6.07) is 4.35. The van der Waals surface area contributed by atoms with E-state index in [1.165, 1.54) is 6.20 Å². The van der Waals surface area contributed by atoms with Crippen molar-refractivity contribution in [3.63, 3.8) is 0 Å². The number of nitrogens with zero attached hydrogens (tertiary/aromatic N) is 2. The highest BCUT2D eigenvalue weighted by molar-refractivity contribution is 6.31. The monoisotopic (exact) mass is 391 g/mol. The summed E-state index contributed by atoms with van der Waals surface area (Å²) in [5.74, 6) is 0.579. The molecule has 0 saturated carbocycles. The normalized spacial score (nSPS) is 16.4. The number of amides is 3. The molecule has 0 radical (unpaired) electrons. The predicted octanol–water partition coefficient (Wildman–Crippen LogP) is 1.98. The van der Waals surface area contributed by atoms with E-state index in [0.717, 1.165) is 5.69 Å².